The average molecular weight is 389 g/mol. The number of hydrogen-bond donors (Lipinski definition) is 1. The lowest BCUT2D eigenvalue weighted by molar-refractivity contribution is 0.582. The van der Waals surface area contributed by atoms with Gasteiger partial charge in [0.15, 0.2) is 0 Å². The summed E-state index contributed by atoms with van der Waals surface area (Å²) in [5.74, 6) is -0.725. The van der Waals surface area contributed by atoms with Crippen molar-refractivity contribution in [1.82, 2.24) is 19.3 Å². The van der Waals surface area contributed by atoms with Gasteiger partial charge in [0.25, 0.3) is 10.0 Å². The third kappa shape index (κ3) is 3.34. The summed E-state index contributed by atoms with van der Waals surface area (Å²) in [7, 11) is -2.14. The molecule has 0 aliphatic heterocycles. The fraction of sp³-hybridized carbons (Fsp3) is 0.143. The Kier molecular flexibility index (Phi) is 5.70. The molecule has 0 atom stereocenters. The molecule has 3 aromatic heterocycles. The van der Waals surface area contributed by atoms with Gasteiger partial charge < -0.3 is 5.32 Å². The number of hydrogen-bond acceptors (Lipinski definition) is 6. The summed E-state index contributed by atoms with van der Waals surface area (Å²) < 4.78 is 40.6. The topological polar surface area (TPSA) is 76.9 Å². The molecular weight excluding hydrogens is 375 g/mol. The Morgan fingerprint density at radius 3 is 2.75 bits per heavy atom. The summed E-state index contributed by atoms with van der Waals surface area (Å²) in [5.41, 5.74) is 1.05. The van der Waals surface area contributed by atoms with Crippen molar-refractivity contribution < 1.29 is 12.8 Å². The number of nitrogens with one attached hydrogen (secondary N) is 1. The molecule has 0 amide bonds. The van der Waals surface area contributed by atoms with Crippen LogP contribution < -0.4 is 5.32 Å². The molecular formula is C14H14ClFN4O2S2. The molecule has 0 bridgehead atoms. The van der Waals surface area contributed by atoms with Gasteiger partial charge in [0.2, 0.25) is 10.3 Å². The van der Waals surface area contributed by atoms with Crippen molar-refractivity contribution in [1.29, 1.82) is 0 Å². The fourth-order valence-electron chi connectivity index (χ4n) is 2.19. The monoisotopic (exact) mass is 388 g/mol. The summed E-state index contributed by atoms with van der Waals surface area (Å²) in [6.45, 7) is 0.454. The molecule has 0 unspecified atom stereocenters. The molecule has 0 spiro atoms. The van der Waals surface area contributed by atoms with Crippen LogP contribution in [0.15, 0.2) is 46.5 Å². The minimum absolute atomic E-state index is 0. The van der Waals surface area contributed by atoms with E-state index in [-0.39, 0.29) is 28.0 Å². The highest BCUT2D eigenvalue weighted by Gasteiger charge is 2.25. The van der Waals surface area contributed by atoms with Crippen molar-refractivity contribution in [2.45, 2.75) is 10.9 Å². The van der Waals surface area contributed by atoms with Crippen molar-refractivity contribution in [3.05, 3.63) is 53.7 Å². The second-order valence-electron chi connectivity index (χ2n) is 4.70. The third-order valence-corrected chi connectivity index (χ3v) is 6.00. The maximum Gasteiger partial charge on any atom is 0.295 e. The van der Waals surface area contributed by atoms with Crippen LogP contribution in [0.5, 0.6) is 0 Å². The number of rotatable bonds is 5. The first-order valence-corrected chi connectivity index (χ1v) is 8.98. The van der Waals surface area contributed by atoms with Crippen molar-refractivity contribution in [3.8, 4) is 11.3 Å². The zero-order valence-corrected chi connectivity index (χ0v) is 15.0. The van der Waals surface area contributed by atoms with E-state index in [1.165, 1.54) is 24.7 Å². The zero-order valence-electron chi connectivity index (χ0n) is 12.5. The van der Waals surface area contributed by atoms with Crippen LogP contribution in [-0.2, 0) is 16.6 Å². The Bertz CT molecular complexity index is 926. The molecule has 0 aliphatic carbocycles. The maximum absolute atomic E-state index is 14.0. The molecule has 0 saturated carbocycles. The Morgan fingerprint density at radius 1 is 1.33 bits per heavy atom. The second kappa shape index (κ2) is 7.39. The van der Waals surface area contributed by atoms with Crippen LogP contribution in [0, 0.1) is 5.95 Å². The fourth-order valence-corrected chi connectivity index (χ4v) is 4.49. The van der Waals surface area contributed by atoms with Crippen molar-refractivity contribution in [3.63, 3.8) is 0 Å². The molecule has 0 radical (unpaired) electrons. The third-order valence-electron chi connectivity index (χ3n) is 3.15. The predicted octanol–water partition coefficient (Wildman–Crippen LogP) is 2.52. The molecule has 1 N–H and O–H groups in total. The molecule has 0 aromatic carbocycles. The summed E-state index contributed by atoms with van der Waals surface area (Å²) in [6.07, 6.45) is 4.20. The summed E-state index contributed by atoms with van der Waals surface area (Å²) >= 11 is 1.01. The SMILES string of the molecule is CNCc1cc(-c2cccnc2F)n(S(=O)(=O)c2nccs2)c1.Cl. The van der Waals surface area contributed by atoms with E-state index in [1.807, 2.05) is 0 Å². The molecule has 10 heteroatoms. The van der Waals surface area contributed by atoms with Gasteiger partial charge in [-0.25, -0.2) is 13.9 Å². The van der Waals surface area contributed by atoms with Gasteiger partial charge in [0.1, 0.15) is 0 Å². The van der Waals surface area contributed by atoms with E-state index in [9.17, 15) is 12.8 Å². The smallest absolute Gasteiger partial charge is 0.295 e. The highest BCUT2D eigenvalue weighted by Crippen LogP contribution is 2.28. The van der Waals surface area contributed by atoms with Crippen LogP contribution >= 0.6 is 23.7 Å². The molecule has 128 valence electrons. The lowest BCUT2D eigenvalue weighted by Crippen LogP contribution is -2.13. The molecule has 3 heterocycles. The summed E-state index contributed by atoms with van der Waals surface area (Å²) in [4.78, 5) is 7.45. The molecule has 0 aliphatic rings. The molecule has 6 nitrogen and oxygen atoms in total. The Hall–Kier alpha value is -1.81. The van der Waals surface area contributed by atoms with Crippen molar-refractivity contribution in [2.24, 2.45) is 0 Å². The standard InChI is InChI=1S/C14H13FN4O2S2.ClH/c1-16-8-10-7-12(11-3-2-4-17-13(11)15)19(9-10)23(20,21)14-18-5-6-22-14;/h2-7,9,16H,8H2,1H3;1H. The lowest BCUT2D eigenvalue weighted by atomic mass is 10.2. The molecule has 3 aromatic rings. The van der Waals surface area contributed by atoms with Gasteiger partial charge in [-0.05, 0) is 30.8 Å². The van der Waals surface area contributed by atoms with E-state index < -0.39 is 16.0 Å². The van der Waals surface area contributed by atoms with Crippen LogP contribution in [0.3, 0.4) is 0 Å². The molecule has 0 fully saturated rings. The lowest BCUT2D eigenvalue weighted by Gasteiger charge is -2.08. The number of aromatic nitrogens is 3. The van der Waals surface area contributed by atoms with Crippen LogP contribution in [0.25, 0.3) is 11.3 Å². The van der Waals surface area contributed by atoms with Gasteiger partial charge in [-0.15, -0.1) is 23.7 Å². The van der Waals surface area contributed by atoms with Crippen LogP contribution in [0.2, 0.25) is 0 Å². The minimum atomic E-state index is -3.89. The van der Waals surface area contributed by atoms with Gasteiger partial charge in [0, 0.05) is 30.5 Å². The van der Waals surface area contributed by atoms with Crippen LogP contribution in [0.1, 0.15) is 5.56 Å². The van der Waals surface area contributed by atoms with E-state index in [2.05, 4.69) is 15.3 Å². The summed E-state index contributed by atoms with van der Waals surface area (Å²) in [5, 5.41) is 4.52. The van der Waals surface area contributed by atoms with Crippen molar-refractivity contribution in [2.75, 3.05) is 7.05 Å². The van der Waals surface area contributed by atoms with E-state index >= 15 is 0 Å². The van der Waals surface area contributed by atoms with Crippen LogP contribution in [-0.4, -0.2) is 29.4 Å². The maximum atomic E-state index is 14.0. The predicted molar refractivity (Wildman–Crippen MR) is 92.3 cm³/mol. The van der Waals surface area contributed by atoms with E-state index in [1.54, 1.807) is 24.6 Å². The Balaban J connectivity index is 0.00000208. The Morgan fingerprint density at radius 2 is 2.12 bits per heavy atom. The number of pyridine rings is 1. The average Bonchev–Trinajstić information content (AvgIpc) is 3.18. The first-order chi connectivity index (χ1) is 11.0. The molecule has 24 heavy (non-hydrogen) atoms. The molecule has 3 rings (SSSR count). The molecule has 0 saturated heterocycles. The number of nitrogens with zero attached hydrogens (tertiary/aromatic N) is 3. The van der Waals surface area contributed by atoms with Gasteiger partial charge in [0.05, 0.1) is 11.3 Å². The highest BCUT2D eigenvalue weighted by molar-refractivity contribution is 7.92. The van der Waals surface area contributed by atoms with E-state index in [4.69, 9.17) is 0 Å². The second-order valence-corrected chi connectivity index (χ2v) is 7.59. The largest absolute Gasteiger partial charge is 0.316 e. The van der Waals surface area contributed by atoms with Crippen molar-refractivity contribution >= 4 is 33.8 Å². The zero-order chi connectivity index (χ0) is 16.4. The number of halogens is 2. The van der Waals surface area contributed by atoms with E-state index in [0.717, 1.165) is 15.3 Å². The normalized spacial score (nSPS) is 11.2. The van der Waals surface area contributed by atoms with Gasteiger partial charge >= 0.3 is 0 Å². The Labute approximate surface area is 148 Å². The van der Waals surface area contributed by atoms with Gasteiger partial charge in [-0.2, -0.15) is 12.8 Å². The quantitative estimate of drug-likeness (QED) is 0.679. The van der Waals surface area contributed by atoms with Gasteiger partial charge in [-0.1, -0.05) is 0 Å². The van der Waals surface area contributed by atoms with Gasteiger partial charge in [-0.3, -0.25) is 0 Å². The first kappa shape index (κ1) is 18.5. The summed E-state index contributed by atoms with van der Waals surface area (Å²) in [6, 6.07) is 4.68. The minimum Gasteiger partial charge on any atom is -0.316 e. The van der Waals surface area contributed by atoms with Crippen LogP contribution in [0.4, 0.5) is 4.39 Å². The number of thiazole rings is 1. The highest BCUT2D eigenvalue weighted by atomic mass is 35.5. The first-order valence-electron chi connectivity index (χ1n) is 6.66. The van der Waals surface area contributed by atoms with E-state index in [0.29, 0.717) is 12.1 Å².